The zero-order valence-electron chi connectivity index (χ0n) is 17.0. The largest absolute Gasteiger partial charge is 0.358 e. The highest BCUT2D eigenvalue weighted by molar-refractivity contribution is 7.16. The molecule has 0 saturated carbocycles. The van der Waals surface area contributed by atoms with Crippen LogP contribution in [0.15, 0.2) is 72.2 Å². The van der Waals surface area contributed by atoms with E-state index in [-0.39, 0.29) is 11.9 Å². The number of thiophene rings is 2. The monoisotopic (exact) mass is 445 g/mol. The molecule has 1 aliphatic carbocycles. The van der Waals surface area contributed by atoms with Gasteiger partial charge in [0.2, 0.25) is 0 Å². The van der Waals surface area contributed by atoms with Crippen molar-refractivity contribution in [3.8, 4) is 0 Å². The first-order chi connectivity index (χ1) is 15.3. The van der Waals surface area contributed by atoms with Crippen LogP contribution in [-0.2, 0) is 12.8 Å². The van der Waals surface area contributed by atoms with E-state index in [4.69, 9.17) is 0 Å². The maximum Gasteiger partial charge on any atom is 0.256 e. The fraction of sp³-hybridized carbons (Fsp3) is 0.200. The average Bonchev–Trinajstić information content (AvgIpc) is 3.47. The third kappa shape index (κ3) is 4.27. The number of carbonyl (C=O) groups excluding carboxylic acids is 1. The Hall–Kier alpha value is -2.96. The summed E-state index contributed by atoms with van der Waals surface area (Å²) < 4.78 is 0. The number of hydrogen-bond donors (Lipinski definition) is 2. The first-order valence-electron chi connectivity index (χ1n) is 10.5. The number of anilines is 2. The van der Waals surface area contributed by atoms with Crippen LogP contribution >= 0.6 is 22.7 Å². The van der Waals surface area contributed by atoms with Gasteiger partial charge in [-0.25, -0.2) is 4.98 Å². The molecule has 0 unspecified atom stereocenters. The van der Waals surface area contributed by atoms with Gasteiger partial charge in [0, 0.05) is 27.1 Å². The summed E-state index contributed by atoms with van der Waals surface area (Å²) in [5, 5.41) is 9.93. The molecule has 2 N–H and O–H groups in total. The number of amides is 1. The number of benzene rings is 1. The number of carbonyl (C=O) groups is 1. The molecule has 1 aliphatic rings. The van der Waals surface area contributed by atoms with Gasteiger partial charge in [0.15, 0.2) is 0 Å². The molecule has 1 amide bonds. The molecule has 0 fully saturated rings. The lowest BCUT2D eigenvalue weighted by Crippen LogP contribution is -2.18. The summed E-state index contributed by atoms with van der Waals surface area (Å²) in [4.78, 5) is 20.1. The standard InChI is InChI=1S/C25H23N3OS2/c29-24(17-9-2-1-3-10-17)28-25-22(18-11-4-5-12-19(18)31-25)23(20-13-8-16-30-20)27-21-14-6-7-15-26-21/h1-3,6-10,13-16,23H,4-5,11-12H2,(H,26,27)(H,28,29)/t23-/m1/s1. The van der Waals surface area contributed by atoms with E-state index >= 15 is 0 Å². The normalized spacial score (nSPS) is 13.9. The van der Waals surface area contributed by atoms with Gasteiger partial charge in [-0.1, -0.05) is 30.3 Å². The minimum Gasteiger partial charge on any atom is -0.358 e. The molecule has 0 aliphatic heterocycles. The molecule has 1 atom stereocenters. The Labute approximate surface area is 190 Å². The Morgan fingerprint density at radius 3 is 2.58 bits per heavy atom. The molecule has 0 bridgehead atoms. The minimum absolute atomic E-state index is 0.0564. The third-order valence-electron chi connectivity index (χ3n) is 5.55. The molecule has 156 valence electrons. The van der Waals surface area contributed by atoms with Crippen LogP contribution in [0.1, 0.15) is 50.1 Å². The zero-order valence-corrected chi connectivity index (χ0v) is 18.6. The molecule has 5 rings (SSSR count). The van der Waals surface area contributed by atoms with Crippen molar-refractivity contribution in [3.63, 3.8) is 0 Å². The topological polar surface area (TPSA) is 54.0 Å². The Balaban J connectivity index is 1.58. The maximum atomic E-state index is 13.0. The molecule has 31 heavy (non-hydrogen) atoms. The van der Waals surface area contributed by atoms with Gasteiger partial charge in [-0.15, -0.1) is 22.7 Å². The van der Waals surface area contributed by atoms with Gasteiger partial charge in [-0.3, -0.25) is 4.79 Å². The number of rotatable bonds is 6. The van der Waals surface area contributed by atoms with Crippen molar-refractivity contribution < 1.29 is 4.79 Å². The molecule has 0 saturated heterocycles. The first kappa shape index (κ1) is 20.0. The highest BCUT2D eigenvalue weighted by Crippen LogP contribution is 2.45. The van der Waals surface area contributed by atoms with Crippen molar-refractivity contribution in [1.29, 1.82) is 0 Å². The molecule has 6 heteroatoms. The minimum atomic E-state index is -0.0665. The molecule has 1 aromatic carbocycles. The molecule has 3 aromatic heterocycles. The van der Waals surface area contributed by atoms with Crippen molar-refractivity contribution in [2.24, 2.45) is 0 Å². The molecular formula is C25H23N3OS2. The number of hydrogen-bond acceptors (Lipinski definition) is 5. The highest BCUT2D eigenvalue weighted by atomic mass is 32.1. The highest BCUT2D eigenvalue weighted by Gasteiger charge is 2.29. The molecule has 4 aromatic rings. The van der Waals surface area contributed by atoms with E-state index in [1.54, 1.807) is 28.9 Å². The summed E-state index contributed by atoms with van der Waals surface area (Å²) >= 11 is 3.46. The second kappa shape index (κ2) is 9.04. The van der Waals surface area contributed by atoms with Crippen LogP contribution in [0.25, 0.3) is 0 Å². The summed E-state index contributed by atoms with van der Waals surface area (Å²) in [6, 6.07) is 19.5. The van der Waals surface area contributed by atoms with E-state index in [1.165, 1.54) is 33.7 Å². The summed E-state index contributed by atoms with van der Waals surface area (Å²) in [7, 11) is 0. The summed E-state index contributed by atoms with van der Waals surface area (Å²) in [5.41, 5.74) is 3.25. The van der Waals surface area contributed by atoms with Crippen LogP contribution in [0.5, 0.6) is 0 Å². The first-order valence-corrected chi connectivity index (χ1v) is 12.2. The van der Waals surface area contributed by atoms with Crippen molar-refractivity contribution >= 4 is 39.4 Å². The molecule has 0 spiro atoms. The van der Waals surface area contributed by atoms with Crippen LogP contribution in [0.4, 0.5) is 10.8 Å². The summed E-state index contributed by atoms with van der Waals surface area (Å²) in [5.74, 6) is 0.764. The van der Waals surface area contributed by atoms with E-state index in [2.05, 4.69) is 33.1 Å². The van der Waals surface area contributed by atoms with E-state index in [0.29, 0.717) is 5.56 Å². The van der Waals surface area contributed by atoms with E-state index < -0.39 is 0 Å². The number of nitrogens with zero attached hydrogens (tertiary/aromatic N) is 1. The predicted molar refractivity (Wildman–Crippen MR) is 129 cm³/mol. The third-order valence-corrected chi connectivity index (χ3v) is 7.71. The molecular weight excluding hydrogens is 422 g/mol. The van der Waals surface area contributed by atoms with Gasteiger partial charge in [0.1, 0.15) is 10.8 Å². The van der Waals surface area contributed by atoms with Crippen molar-refractivity contribution in [2.45, 2.75) is 31.7 Å². The number of nitrogens with one attached hydrogen (secondary N) is 2. The lowest BCUT2D eigenvalue weighted by molar-refractivity contribution is 0.102. The van der Waals surface area contributed by atoms with Crippen LogP contribution < -0.4 is 10.6 Å². The summed E-state index contributed by atoms with van der Waals surface area (Å²) in [6.07, 6.45) is 6.32. The fourth-order valence-corrected chi connectivity index (χ4v) is 6.20. The molecule has 3 heterocycles. The second-order valence-electron chi connectivity index (χ2n) is 7.58. The smallest absolute Gasteiger partial charge is 0.256 e. The van der Waals surface area contributed by atoms with E-state index in [9.17, 15) is 4.79 Å². The van der Waals surface area contributed by atoms with Gasteiger partial charge in [-0.05, 0) is 67.0 Å². The van der Waals surface area contributed by atoms with E-state index in [0.717, 1.165) is 23.7 Å². The van der Waals surface area contributed by atoms with Crippen LogP contribution in [-0.4, -0.2) is 10.9 Å². The van der Waals surface area contributed by atoms with Crippen LogP contribution in [0.3, 0.4) is 0 Å². The lowest BCUT2D eigenvalue weighted by atomic mass is 9.91. The number of pyridine rings is 1. The average molecular weight is 446 g/mol. The molecule has 0 radical (unpaired) electrons. The van der Waals surface area contributed by atoms with E-state index in [1.807, 2.05) is 48.5 Å². The van der Waals surface area contributed by atoms with Crippen molar-refractivity contribution in [2.75, 3.05) is 10.6 Å². The predicted octanol–water partition coefficient (Wildman–Crippen LogP) is 6.54. The zero-order chi connectivity index (χ0) is 21.0. The molecule has 4 nitrogen and oxygen atoms in total. The van der Waals surface area contributed by atoms with Gasteiger partial charge in [0.05, 0.1) is 6.04 Å². The number of aryl methyl sites for hydroxylation is 1. The van der Waals surface area contributed by atoms with Crippen LogP contribution in [0.2, 0.25) is 0 Å². The quantitative estimate of drug-likeness (QED) is 0.354. The van der Waals surface area contributed by atoms with Gasteiger partial charge < -0.3 is 10.6 Å². The van der Waals surface area contributed by atoms with Gasteiger partial charge in [0.25, 0.3) is 5.91 Å². The Kier molecular flexibility index (Phi) is 5.82. The van der Waals surface area contributed by atoms with Crippen molar-refractivity contribution in [3.05, 3.63) is 98.7 Å². The Bertz CT molecular complexity index is 1150. The van der Waals surface area contributed by atoms with Gasteiger partial charge >= 0.3 is 0 Å². The van der Waals surface area contributed by atoms with Crippen LogP contribution in [0, 0.1) is 0 Å². The summed E-state index contributed by atoms with van der Waals surface area (Å²) in [6.45, 7) is 0. The second-order valence-corrected chi connectivity index (χ2v) is 9.67. The number of aromatic nitrogens is 1. The Morgan fingerprint density at radius 1 is 0.968 bits per heavy atom. The SMILES string of the molecule is O=C(Nc1sc2c(c1[C@H](Nc1ccccn1)c1cccs1)CCCC2)c1ccccc1. The Morgan fingerprint density at radius 2 is 1.81 bits per heavy atom. The van der Waals surface area contributed by atoms with Gasteiger partial charge in [-0.2, -0.15) is 0 Å². The maximum absolute atomic E-state index is 13.0. The fourth-order valence-electron chi connectivity index (χ4n) is 4.09. The number of fused-ring (bicyclic) bond motifs is 1. The lowest BCUT2D eigenvalue weighted by Gasteiger charge is -2.22. The van der Waals surface area contributed by atoms with Crippen molar-refractivity contribution in [1.82, 2.24) is 4.98 Å².